The van der Waals surface area contributed by atoms with E-state index in [2.05, 4.69) is 0 Å². The molecule has 5 atom stereocenters. The van der Waals surface area contributed by atoms with Crippen molar-refractivity contribution in [3.63, 3.8) is 0 Å². The smallest absolute Gasteiger partial charge is 0.303 e. The molecular formula is C16H26O11. The number of carbonyl (C=O) groups is 3. The summed E-state index contributed by atoms with van der Waals surface area (Å²) in [5, 5.41) is 30.1. The van der Waals surface area contributed by atoms with Gasteiger partial charge in [0, 0.05) is 27.2 Å². The summed E-state index contributed by atoms with van der Waals surface area (Å²) in [6, 6.07) is 0. The van der Waals surface area contributed by atoms with Crippen molar-refractivity contribution in [2.75, 3.05) is 6.61 Å². The Morgan fingerprint density at radius 2 is 1.56 bits per heavy atom. The highest BCUT2D eigenvalue weighted by molar-refractivity contribution is 5.67. The van der Waals surface area contributed by atoms with Gasteiger partial charge in [-0.1, -0.05) is 6.92 Å². The lowest BCUT2D eigenvalue weighted by Crippen LogP contribution is -2.63. The van der Waals surface area contributed by atoms with E-state index in [-0.39, 0.29) is 6.42 Å². The second-order valence-electron chi connectivity index (χ2n) is 6.10. The molecule has 0 aromatic carbocycles. The van der Waals surface area contributed by atoms with Crippen molar-refractivity contribution in [1.82, 2.24) is 0 Å². The summed E-state index contributed by atoms with van der Waals surface area (Å²) in [5.41, 5.74) is 0. The lowest BCUT2D eigenvalue weighted by Gasteiger charge is -2.44. The van der Waals surface area contributed by atoms with Gasteiger partial charge in [0.05, 0.1) is 0 Å². The SMILES string of the molecule is CCCC(O)(O)O[C@H]1O[C@H](COC(C)=O)[C@@H](OC(C)=O)[C@H](OC(C)=O)[C@H]1O. The normalized spacial score (nSPS) is 28.3. The van der Waals surface area contributed by atoms with Gasteiger partial charge in [-0.15, -0.1) is 0 Å². The second-order valence-corrected chi connectivity index (χ2v) is 6.10. The molecule has 27 heavy (non-hydrogen) atoms. The Labute approximate surface area is 156 Å². The van der Waals surface area contributed by atoms with Crippen molar-refractivity contribution >= 4 is 17.9 Å². The Kier molecular flexibility index (Phi) is 8.57. The molecule has 3 N–H and O–H groups in total. The summed E-state index contributed by atoms with van der Waals surface area (Å²) < 4.78 is 25.4. The molecule has 0 aromatic rings. The molecule has 0 amide bonds. The highest BCUT2D eigenvalue weighted by Crippen LogP contribution is 2.30. The van der Waals surface area contributed by atoms with Crippen LogP contribution in [0, 0.1) is 0 Å². The Hall–Kier alpha value is -1.79. The minimum atomic E-state index is -2.62. The zero-order valence-electron chi connectivity index (χ0n) is 15.6. The number of rotatable bonds is 8. The molecule has 0 radical (unpaired) electrons. The van der Waals surface area contributed by atoms with Crippen LogP contribution in [0.4, 0.5) is 0 Å². The maximum atomic E-state index is 11.4. The Balaban J connectivity index is 3.12. The van der Waals surface area contributed by atoms with E-state index in [1.165, 1.54) is 0 Å². The Morgan fingerprint density at radius 3 is 2.04 bits per heavy atom. The molecule has 1 aliphatic heterocycles. The van der Waals surface area contributed by atoms with Gasteiger partial charge in [-0.3, -0.25) is 19.1 Å². The zero-order valence-corrected chi connectivity index (χ0v) is 15.6. The number of carbonyl (C=O) groups excluding carboxylic acids is 3. The van der Waals surface area contributed by atoms with Gasteiger partial charge in [-0.05, 0) is 6.42 Å². The first kappa shape index (κ1) is 23.2. The molecule has 11 nitrogen and oxygen atoms in total. The molecule has 1 rings (SSSR count). The molecule has 0 aromatic heterocycles. The molecule has 1 heterocycles. The first-order valence-corrected chi connectivity index (χ1v) is 8.40. The molecule has 0 bridgehead atoms. The topological polar surface area (TPSA) is 158 Å². The van der Waals surface area contributed by atoms with Gasteiger partial charge in [0.15, 0.2) is 18.5 Å². The van der Waals surface area contributed by atoms with Crippen molar-refractivity contribution in [3.8, 4) is 0 Å². The van der Waals surface area contributed by atoms with Crippen LogP contribution in [0.1, 0.15) is 40.5 Å². The van der Waals surface area contributed by atoms with E-state index in [9.17, 15) is 29.7 Å². The van der Waals surface area contributed by atoms with Crippen LogP contribution < -0.4 is 0 Å². The van der Waals surface area contributed by atoms with Crippen LogP contribution in [0.3, 0.4) is 0 Å². The minimum absolute atomic E-state index is 0.195. The number of ether oxygens (including phenoxy) is 5. The van der Waals surface area contributed by atoms with Crippen LogP contribution in [-0.4, -0.2) is 76.5 Å². The lowest BCUT2D eigenvalue weighted by atomic mass is 9.98. The van der Waals surface area contributed by atoms with Crippen molar-refractivity contribution in [3.05, 3.63) is 0 Å². The van der Waals surface area contributed by atoms with Gasteiger partial charge in [0.25, 0.3) is 5.97 Å². The van der Waals surface area contributed by atoms with Crippen molar-refractivity contribution in [2.24, 2.45) is 0 Å². The van der Waals surface area contributed by atoms with Crippen LogP contribution in [0.5, 0.6) is 0 Å². The fraction of sp³-hybridized carbons (Fsp3) is 0.812. The Bertz CT molecular complexity index is 532. The van der Waals surface area contributed by atoms with E-state index in [1.54, 1.807) is 6.92 Å². The van der Waals surface area contributed by atoms with E-state index in [0.29, 0.717) is 6.42 Å². The summed E-state index contributed by atoms with van der Waals surface area (Å²) >= 11 is 0. The van der Waals surface area contributed by atoms with E-state index >= 15 is 0 Å². The van der Waals surface area contributed by atoms with Gasteiger partial charge in [-0.25, -0.2) is 0 Å². The predicted molar refractivity (Wildman–Crippen MR) is 85.6 cm³/mol. The van der Waals surface area contributed by atoms with Gasteiger partial charge in [-0.2, -0.15) is 0 Å². The zero-order chi connectivity index (χ0) is 20.8. The maximum absolute atomic E-state index is 11.4. The van der Waals surface area contributed by atoms with Gasteiger partial charge >= 0.3 is 17.9 Å². The van der Waals surface area contributed by atoms with Crippen molar-refractivity contribution in [2.45, 2.75) is 77.2 Å². The molecule has 0 saturated carbocycles. The summed E-state index contributed by atoms with van der Waals surface area (Å²) in [5.74, 6) is -4.83. The third kappa shape index (κ3) is 7.39. The van der Waals surface area contributed by atoms with E-state index in [0.717, 1.165) is 20.8 Å². The van der Waals surface area contributed by atoms with E-state index in [1.807, 2.05) is 0 Å². The summed E-state index contributed by atoms with van der Waals surface area (Å²) in [4.78, 5) is 33.9. The van der Waals surface area contributed by atoms with Crippen LogP contribution in [0.2, 0.25) is 0 Å². The monoisotopic (exact) mass is 394 g/mol. The van der Waals surface area contributed by atoms with Crippen molar-refractivity contribution < 1.29 is 53.4 Å². The van der Waals surface area contributed by atoms with Crippen molar-refractivity contribution in [1.29, 1.82) is 0 Å². The second kappa shape index (κ2) is 9.95. The highest BCUT2D eigenvalue weighted by atomic mass is 16.8. The predicted octanol–water partition coefficient (Wildman–Crippen LogP) is -1.05. The number of esters is 3. The number of hydrogen-bond acceptors (Lipinski definition) is 11. The van der Waals surface area contributed by atoms with Gasteiger partial charge in [0.2, 0.25) is 0 Å². The largest absolute Gasteiger partial charge is 0.463 e. The molecule has 0 spiro atoms. The lowest BCUT2D eigenvalue weighted by molar-refractivity contribution is -0.422. The standard InChI is InChI=1S/C16H26O11/c1-5-6-16(21,22)27-15-12(20)14(25-10(4)19)13(24-9(3)18)11(26-15)7-23-8(2)17/h11-15,20-22H,5-7H2,1-4H3/t11-,12-,13-,14-,15-/m1/s1. The first-order chi connectivity index (χ1) is 12.5. The maximum Gasteiger partial charge on any atom is 0.303 e. The number of aliphatic hydroxyl groups is 3. The van der Waals surface area contributed by atoms with Crippen LogP contribution >= 0.6 is 0 Å². The van der Waals surface area contributed by atoms with Crippen LogP contribution in [0.25, 0.3) is 0 Å². The minimum Gasteiger partial charge on any atom is -0.463 e. The Morgan fingerprint density at radius 1 is 1.00 bits per heavy atom. The summed E-state index contributed by atoms with van der Waals surface area (Å²) in [6.07, 6.45) is -7.21. The average Bonchev–Trinajstić information content (AvgIpc) is 2.51. The van der Waals surface area contributed by atoms with E-state index in [4.69, 9.17) is 23.7 Å². The van der Waals surface area contributed by atoms with Gasteiger partial charge in [0.1, 0.15) is 18.8 Å². The van der Waals surface area contributed by atoms with Gasteiger partial charge < -0.3 is 34.3 Å². The summed E-state index contributed by atoms with van der Waals surface area (Å²) in [7, 11) is 0. The molecule has 1 aliphatic rings. The van der Waals surface area contributed by atoms with Crippen LogP contribution in [0.15, 0.2) is 0 Å². The third-order valence-electron chi connectivity index (χ3n) is 3.55. The molecule has 0 unspecified atom stereocenters. The molecule has 156 valence electrons. The fourth-order valence-corrected chi connectivity index (χ4v) is 2.56. The molecular weight excluding hydrogens is 368 g/mol. The quantitative estimate of drug-likeness (QED) is 0.262. The molecule has 0 aliphatic carbocycles. The number of aliphatic hydroxyl groups excluding tert-OH is 1. The molecule has 1 fully saturated rings. The number of hydrogen-bond donors (Lipinski definition) is 3. The molecule has 1 saturated heterocycles. The van der Waals surface area contributed by atoms with Crippen LogP contribution in [-0.2, 0) is 38.1 Å². The fourth-order valence-electron chi connectivity index (χ4n) is 2.56. The van der Waals surface area contributed by atoms with E-state index < -0.39 is 61.2 Å². The third-order valence-corrected chi connectivity index (χ3v) is 3.55. The molecule has 11 heteroatoms. The average molecular weight is 394 g/mol. The first-order valence-electron chi connectivity index (χ1n) is 8.40. The highest BCUT2D eigenvalue weighted by Gasteiger charge is 2.52. The summed E-state index contributed by atoms with van der Waals surface area (Å²) in [6.45, 7) is 4.56.